The Morgan fingerprint density at radius 1 is 1.50 bits per heavy atom. The number of aromatic nitrogens is 1. The molecule has 1 heterocycles. The van der Waals surface area contributed by atoms with Crippen LogP contribution in [-0.4, -0.2) is 40.1 Å². The summed E-state index contributed by atoms with van der Waals surface area (Å²) in [6.07, 6.45) is 2.28. The number of thioether (sulfide) groups is 1. The quantitative estimate of drug-likeness (QED) is 0.719. The molecule has 0 saturated carbocycles. The van der Waals surface area contributed by atoms with Crippen molar-refractivity contribution in [1.29, 1.82) is 0 Å². The van der Waals surface area contributed by atoms with E-state index in [9.17, 15) is 9.59 Å². The van der Waals surface area contributed by atoms with Crippen LogP contribution in [0.25, 0.3) is 0 Å². The van der Waals surface area contributed by atoms with Crippen molar-refractivity contribution >= 4 is 40.2 Å². The fourth-order valence-corrected chi connectivity index (χ4v) is 2.73. The summed E-state index contributed by atoms with van der Waals surface area (Å²) in [6, 6.07) is -1.42. The van der Waals surface area contributed by atoms with Crippen molar-refractivity contribution < 1.29 is 14.7 Å². The number of nitrogens with zero attached hydrogens (tertiary/aromatic N) is 1. The van der Waals surface area contributed by atoms with Crippen LogP contribution in [-0.2, 0) is 4.79 Å². The summed E-state index contributed by atoms with van der Waals surface area (Å²) in [4.78, 5) is 27.0. The van der Waals surface area contributed by atoms with E-state index in [2.05, 4.69) is 15.6 Å². The fraction of sp³-hybridized carbons (Fsp3) is 0.583. The summed E-state index contributed by atoms with van der Waals surface area (Å²) in [5, 5.41) is 16.4. The van der Waals surface area contributed by atoms with Gasteiger partial charge in [0.1, 0.15) is 6.04 Å². The standard InChI is InChI=1S/C12H19N3O3S2/c1-7(2)9-6-20-12(14-9)15-11(18)13-8(10(16)17)4-5-19-3/h6-8H,4-5H2,1-3H3,(H,16,17)(H2,13,14,15,18)/t8-/m0/s1. The molecule has 0 aliphatic carbocycles. The van der Waals surface area contributed by atoms with Crippen molar-refractivity contribution in [1.82, 2.24) is 10.3 Å². The first kappa shape index (κ1) is 16.8. The van der Waals surface area contributed by atoms with Gasteiger partial charge in [-0.2, -0.15) is 11.8 Å². The molecule has 0 aliphatic rings. The monoisotopic (exact) mass is 317 g/mol. The Balaban J connectivity index is 2.54. The van der Waals surface area contributed by atoms with Crippen LogP contribution in [0, 0.1) is 0 Å². The number of amides is 2. The lowest BCUT2D eigenvalue weighted by Crippen LogP contribution is -2.43. The molecule has 112 valence electrons. The minimum absolute atomic E-state index is 0.290. The van der Waals surface area contributed by atoms with Crippen molar-refractivity contribution in [3.8, 4) is 0 Å². The molecule has 20 heavy (non-hydrogen) atoms. The van der Waals surface area contributed by atoms with Gasteiger partial charge in [0.2, 0.25) is 0 Å². The minimum atomic E-state index is -1.03. The highest BCUT2D eigenvalue weighted by Crippen LogP contribution is 2.21. The molecule has 0 aromatic carbocycles. The van der Waals surface area contributed by atoms with Gasteiger partial charge < -0.3 is 10.4 Å². The lowest BCUT2D eigenvalue weighted by atomic mass is 10.2. The Kier molecular flexibility index (Phi) is 6.80. The molecule has 1 rings (SSSR count). The molecule has 3 N–H and O–H groups in total. The molecule has 1 aromatic rings. The molecule has 0 radical (unpaired) electrons. The molecule has 1 atom stereocenters. The van der Waals surface area contributed by atoms with Crippen LogP contribution < -0.4 is 10.6 Å². The zero-order chi connectivity index (χ0) is 15.1. The highest BCUT2D eigenvalue weighted by molar-refractivity contribution is 7.98. The smallest absolute Gasteiger partial charge is 0.326 e. The van der Waals surface area contributed by atoms with Gasteiger partial charge in [0, 0.05) is 5.38 Å². The van der Waals surface area contributed by atoms with Crippen molar-refractivity contribution in [2.45, 2.75) is 32.2 Å². The molecule has 0 aliphatic heterocycles. The highest BCUT2D eigenvalue weighted by Gasteiger charge is 2.19. The van der Waals surface area contributed by atoms with E-state index in [4.69, 9.17) is 5.11 Å². The number of anilines is 1. The Morgan fingerprint density at radius 2 is 2.20 bits per heavy atom. The number of thiazole rings is 1. The summed E-state index contributed by atoms with van der Waals surface area (Å²) in [7, 11) is 0. The molecule has 0 fully saturated rings. The number of carbonyl (C=O) groups excluding carboxylic acids is 1. The third-order valence-electron chi connectivity index (χ3n) is 2.55. The lowest BCUT2D eigenvalue weighted by Gasteiger charge is -2.13. The first-order valence-electron chi connectivity index (χ1n) is 6.18. The van der Waals surface area contributed by atoms with Gasteiger partial charge in [-0.3, -0.25) is 5.32 Å². The van der Waals surface area contributed by atoms with Crippen LogP contribution in [0.2, 0.25) is 0 Å². The molecule has 0 unspecified atom stereocenters. The third kappa shape index (κ3) is 5.38. The van der Waals surface area contributed by atoms with E-state index >= 15 is 0 Å². The maximum atomic E-state index is 11.7. The van der Waals surface area contributed by atoms with Crippen molar-refractivity contribution in [2.75, 3.05) is 17.3 Å². The zero-order valence-electron chi connectivity index (χ0n) is 11.7. The molecular formula is C12H19N3O3S2. The van der Waals surface area contributed by atoms with Gasteiger partial charge in [-0.25, -0.2) is 14.6 Å². The molecular weight excluding hydrogens is 298 g/mol. The van der Waals surface area contributed by atoms with Crippen LogP contribution in [0.4, 0.5) is 9.93 Å². The number of rotatable bonds is 7. The van der Waals surface area contributed by atoms with Crippen molar-refractivity contribution in [2.24, 2.45) is 0 Å². The van der Waals surface area contributed by atoms with Gasteiger partial charge in [0.15, 0.2) is 5.13 Å². The number of hydrogen-bond acceptors (Lipinski definition) is 5. The summed E-state index contributed by atoms with van der Waals surface area (Å²) in [6.45, 7) is 4.03. The Labute approximate surface area is 126 Å². The van der Waals surface area contributed by atoms with Gasteiger partial charge in [-0.15, -0.1) is 11.3 Å². The minimum Gasteiger partial charge on any atom is -0.480 e. The van der Waals surface area contributed by atoms with Crippen molar-refractivity contribution in [3.05, 3.63) is 11.1 Å². The number of hydrogen-bond donors (Lipinski definition) is 3. The van der Waals surface area contributed by atoms with Crippen LogP contribution in [0.5, 0.6) is 0 Å². The summed E-state index contributed by atoms with van der Waals surface area (Å²) >= 11 is 2.86. The number of nitrogens with one attached hydrogen (secondary N) is 2. The van der Waals surface area contributed by atoms with Gasteiger partial charge in [0.25, 0.3) is 0 Å². The van der Waals surface area contributed by atoms with E-state index in [1.165, 1.54) is 23.1 Å². The van der Waals surface area contributed by atoms with E-state index in [0.29, 0.717) is 23.2 Å². The van der Waals surface area contributed by atoms with E-state index in [1.54, 1.807) is 0 Å². The summed E-state index contributed by atoms with van der Waals surface area (Å²) in [5.74, 6) is -0.0687. The van der Waals surface area contributed by atoms with Gasteiger partial charge >= 0.3 is 12.0 Å². The average molecular weight is 317 g/mol. The number of aliphatic carboxylic acids is 1. The van der Waals surface area contributed by atoms with Crippen LogP contribution >= 0.6 is 23.1 Å². The normalized spacial score (nSPS) is 12.2. The summed E-state index contributed by atoms with van der Waals surface area (Å²) < 4.78 is 0. The van der Waals surface area contributed by atoms with Gasteiger partial charge in [-0.05, 0) is 24.3 Å². The van der Waals surface area contributed by atoms with Gasteiger partial charge in [-0.1, -0.05) is 13.8 Å². The molecule has 1 aromatic heterocycles. The average Bonchev–Trinajstić information content (AvgIpc) is 2.82. The van der Waals surface area contributed by atoms with E-state index in [1.807, 2.05) is 25.5 Å². The van der Waals surface area contributed by atoms with E-state index < -0.39 is 18.0 Å². The summed E-state index contributed by atoms with van der Waals surface area (Å²) in [5.41, 5.74) is 0.905. The largest absolute Gasteiger partial charge is 0.480 e. The molecule has 0 saturated heterocycles. The van der Waals surface area contributed by atoms with E-state index in [0.717, 1.165) is 5.69 Å². The molecule has 0 bridgehead atoms. The molecule has 6 nitrogen and oxygen atoms in total. The second-order valence-electron chi connectivity index (χ2n) is 4.50. The highest BCUT2D eigenvalue weighted by atomic mass is 32.2. The zero-order valence-corrected chi connectivity index (χ0v) is 13.3. The molecule has 0 spiro atoms. The maximum absolute atomic E-state index is 11.7. The topological polar surface area (TPSA) is 91.3 Å². The predicted octanol–water partition coefficient (Wildman–Crippen LogP) is 2.59. The number of carboxylic acid groups (broad SMARTS) is 1. The number of urea groups is 1. The second kappa shape index (κ2) is 8.11. The van der Waals surface area contributed by atoms with Crippen LogP contribution in [0.3, 0.4) is 0 Å². The predicted molar refractivity (Wildman–Crippen MR) is 82.8 cm³/mol. The Bertz CT molecular complexity index is 463. The lowest BCUT2D eigenvalue weighted by molar-refractivity contribution is -0.139. The van der Waals surface area contributed by atoms with Crippen molar-refractivity contribution in [3.63, 3.8) is 0 Å². The second-order valence-corrected chi connectivity index (χ2v) is 6.35. The van der Waals surface area contributed by atoms with Crippen LogP contribution in [0.1, 0.15) is 31.9 Å². The first-order chi connectivity index (χ1) is 9.43. The van der Waals surface area contributed by atoms with E-state index in [-0.39, 0.29) is 0 Å². The number of carbonyl (C=O) groups is 2. The SMILES string of the molecule is CSCC[C@H](NC(=O)Nc1nc(C(C)C)cs1)C(=O)O. The molecule has 8 heteroatoms. The fourth-order valence-electron chi connectivity index (χ4n) is 1.39. The van der Waals surface area contributed by atoms with Crippen LogP contribution in [0.15, 0.2) is 5.38 Å². The molecule has 2 amide bonds. The Hall–Kier alpha value is -1.28. The Morgan fingerprint density at radius 3 is 2.70 bits per heavy atom. The number of carboxylic acids is 1. The maximum Gasteiger partial charge on any atom is 0.326 e. The third-order valence-corrected chi connectivity index (χ3v) is 3.97. The van der Waals surface area contributed by atoms with Gasteiger partial charge in [0.05, 0.1) is 5.69 Å². The first-order valence-corrected chi connectivity index (χ1v) is 8.46.